The fourth-order valence-electron chi connectivity index (χ4n) is 2.38. The van der Waals surface area contributed by atoms with Crippen LogP contribution in [0.15, 0.2) is 0 Å². The number of carbonyl (C=O) groups excluding carboxylic acids is 1. The van der Waals surface area contributed by atoms with Crippen molar-refractivity contribution in [2.45, 2.75) is 44.2 Å². The van der Waals surface area contributed by atoms with Crippen molar-refractivity contribution < 1.29 is 4.79 Å². The Morgan fingerprint density at radius 2 is 2.07 bits per heavy atom. The van der Waals surface area contributed by atoms with E-state index in [1.165, 1.54) is 12.8 Å². The highest BCUT2D eigenvalue weighted by molar-refractivity contribution is 5.81. The van der Waals surface area contributed by atoms with Crippen LogP contribution in [0.5, 0.6) is 0 Å². The zero-order valence-electron chi connectivity index (χ0n) is 9.22. The second-order valence-electron chi connectivity index (χ2n) is 4.55. The second kappa shape index (κ2) is 5.47. The van der Waals surface area contributed by atoms with Crippen LogP contribution in [0.3, 0.4) is 0 Å². The molecule has 2 fully saturated rings. The van der Waals surface area contributed by atoms with Gasteiger partial charge in [0.2, 0.25) is 5.91 Å². The molecule has 0 bridgehead atoms. The Bertz CT molecular complexity index is 214. The Morgan fingerprint density at radius 1 is 1.13 bits per heavy atom. The van der Waals surface area contributed by atoms with Gasteiger partial charge in [0.25, 0.3) is 0 Å². The second-order valence-corrected chi connectivity index (χ2v) is 4.55. The topological polar surface area (TPSA) is 53.2 Å². The maximum Gasteiger partial charge on any atom is 0.237 e. The molecule has 2 saturated heterocycles. The predicted octanol–water partition coefficient (Wildman–Crippen LogP) is -0.00330. The van der Waals surface area contributed by atoms with Crippen LogP contribution in [0.2, 0.25) is 0 Å². The molecule has 0 aromatic rings. The van der Waals surface area contributed by atoms with E-state index in [2.05, 4.69) is 16.0 Å². The van der Waals surface area contributed by atoms with E-state index in [0.29, 0.717) is 6.04 Å². The molecule has 0 spiro atoms. The molecule has 0 aromatic heterocycles. The average Bonchev–Trinajstić information content (AvgIpc) is 2.46. The van der Waals surface area contributed by atoms with Gasteiger partial charge in [0, 0.05) is 19.1 Å². The van der Waals surface area contributed by atoms with Crippen LogP contribution >= 0.6 is 0 Å². The Balaban J connectivity index is 1.82. The van der Waals surface area contributed by atoms with E-state index in [0.717, 1.165) is 38.9 Å². The van der Waals surface area contributed by atoms with Crippen LogP contribution < -0.4 is 16.0 Å². The Labute approximate surface area is 91.2 Å². The highest BCUT2D eigenvalue weighted by Crippen LogP contribution is 2.09. The molecule has 2 atom stereocenters. The molecule has 2 rings (SSSR count). The third-order valence-corrected chi connectivity index (χ3v) is 3.27. The largest absolute Gasteiger partial charge is 0.355 e. The minimum Gasteiger partial charge on any atom is -0.355 e. The van der Waals surface area contributed by atoms with Crippen molar-refractivity contribution in [2.75, 3.05) is 19.6 Å². The van der Waals surface area contributed by atoms with Crippen LogP contribution in [0.1, 0.15) is 32.1 Å². The van der Waals surface area contributed by atoms with Gasteiger partial charge in [-0.1, -0.05) is 0 Å². The van der Waals surface area contributed by atoms with Gasteiger partial charge in [0.15, 0.2) is 0 Å². The van der Waals surface area contributed by atoms with Crippen molar-refractivity contribution in [1.82, 2.24) is 16.0 Å². The van der Waals surface area contributed by atoms with Crippen molar-refractivity contribution in [3.8, 4) is 0 Å². The van der Waals surface area contributed by atoms with Crippen molar-refractivity contribution in [2.24, 2.45) is 0 Å². The van der Waals surface area contributed by atoms with Crippen LogP contribution in [-0.2, 0) is 4.79 Å². The number of amides is 1. The van der Waals surface area contributed by atoms with E-state index in [1.807, 2.05) is 0 Å². The summed E-state index contributed by atoms with van der Waals surface area (Å²) < 4.78 is 0. The van der Waals surface area contributed by atoms with Gasteiger partial charge in [-0.2, -0.15) is 0 Å². The van der Waals surface area contributed by atoms with Gasteiger partial charge < -0.3 is 16.0 Å². The van der Waals surface area contributed by atoms with E-state index in [-0.39, 0.29) is 11.9 Å². The molecular formula is C11H21N3O. The number of nitrogens with one attached hydrogen (secondary N) is 3. The number of rotatable bonds is 2. The molecule has 0 saturated carbocycles. The lowest BCUT2D eigenvalue weighted by molar-refractivity contribution is -0.123. The molecule has 15 heavy (non-hydrogen) atoms. The first-order valence-electron chi connectivity index (χ1n) is 6.11. The minimum atomic E-state index is 0.0393. The standard InChI is InChI=1S/C11H21N3O/c15-11-10(5-1-2-7-13-11)14-9-4-3-6-12-8-9/h9-10,12,14H,1-8H2,(H,13,15). The van der Waals surface area contributed by atoms with Crippen LogP contribution in [-0.4, -0.2) is 37.6 Å². The number of carbonyl (C=O) groups is 1. The van der Waals surface area contributed by atoms with Gasteiger partial charge in [0.05, 0.1) is 6.04 Å². The number of hydrogen-bond acceptors (Lipinski definition) is 3. The first-order chi connectivity index (χ1) is 7.36. The fraction of sp³-hybridized carbons (Fsp3) is 0.909. The third kappa shape index (κ3) is 3.18. The molecule has 0 radical (unpaired) electrons. The average molecular weight is 211 g/mol. The Morgan fingerprint density at radius 3 is 2.87 bits per heavy atom. The maximum atomic E-state index is 11.7. The van der Waals surface area contributed by atoms with Gasteiger partial charge >= 0.3 is 0 Å². The molecule has 2 heterocycles. The highest BCUT2D eigenvalue weighted by Gasteiger charge is 2.24. The third-order valence-electron chi connectivity index (χ3n) is 3.27. The molecule has 4 nitrogen and oxygen atoms in total. The summed E-state index contributed by atoms with van der Waals surface area (Å²) in [7, 11) is 0. The van der Waals surface area contributed by atoms with Crippen molar-refractivity contribution in [3.63, 3.8) is 0 Å². The van der Waals surface area contributed by atoms with Gasteiger partial charge in [0.1, 0.15) is 0 Å². The fourth-order valence-corrected chi connectivity index (χ4v) is 2.38. The van der Waals surface area contributed by atoms with E-state index in [4.69, 9.17) is 0 Å². The minimum absolute atomic E-state index is 0.0393. The van der Waals surface area contributed by atoms with E-state index < -0.39 is 0 Å². The predicted molar refractivity (Wildman–Crippen MR) is 59.7 cm³/mol. The lowest BCUT2D eigenvalue weighted by atomic mass is 10.0. The van der Waals surface area contributed by atoms with Crippen LogP contribution in [0, 0.1) is 0 Å². The summed E-state index contributed by atoms with van der Waals surface area (Å²) in [5.41, 5.74) is 0. The zero-order valence-corrected chi connectivity index (χ0v) is 9.22. The quantitative estimate of drug-likeness (QED) is 0.602. The summed E-state index contributed by atoms with van der Waals surface area (Å²) in [6.07, 6.45) is 5.66. The van der Waals surface area contributed by atoms with Crippen LogP contribution in [0.25, 0.3) is 0 Å². The maximum absolute atomic E-state index is 11.7. The molecule has 0 aliphatic carbocycles. The summed E-state index contributed by atoms with van der Waals surface area (Å²) >= 11 is 0. The normalized spacial score (nSPS) is 33.2. The molecule has 2 aliphatic rings. The molecule has 3 N–H and O–H groups in total. The summed E-state index contributed by atoms with van der Waals surface area (Å²) in [4.78, 5) is 11.7. The summed E-state index contributed by atoms with van der Waals surface area (Å²) in [6.45, 7) is 2.97. The summed E-state index contributed by atoms with van der Waals surface area (Å²) in [5, 5.41) is 9.80. The first kappa shape index (κ1) is 10.9. The number of piperidine rings is 1. The lowest BCUT2D eigenvalue weighted by Crippen LogP contribution is -2.52. The molecule has 4 heteroatoms. The van der Waals surface area contributed by atoms with Gasteiger partial charge in [-0.3, -0.25) is 4.79 Å². The van der Waals surface area contributed by atoms with E-state index in [1.54, 1.807) is 0 Å². The van der Waals surface area contributed by atoms with Crippen molar-refractivity contribution in [1.29, 1.82) is 0 Å². The molecular weight excluding hydrogens is 190 g/mol. The zero-order chi connectivity index (χ0) is 10.5. The monoisotopic (exact) mass is 211 g/mol. The SMILES string of the molecule is O=C1NCCCCC1NC1CCCNC1. The molecule has 2 aliphatic heterocycles. The lowest BCUT2D eigenvalue weighted by Gasteiger charge is -2.27. The van der Waals surface area contributed by atoms with Gasteiger partial charge in [-0.05, 0) is 38.6 Å². The van der Waals surface area contributed by atoms with Crippen molar-refractivity contribution in [3.05, 3.63) is 0 Å². The van der Waals surface area contributed by atoms with Gasteiger partial charge in [-0.15, -0.1) is 0 Å². The Kier molecular flexibility index (Phi) is 3.97. The van der Waals surface area contributed by atoms with E-state index in [9.17, 15) is 4.79 Å². The molecule has 1 amide bonds. The summed E-state index contributed by atoms with van der Waals surface area (Å²) in [6, 6.07) is 0.519. The number of hydrogen-bond donors (Lipinski definition) is 3. The highest BCUT2D eigenvalue weighted by atomic mass is 16.2. The molecule has 0 aromatic carbocycles. The smallest absolute Gasteiger partial charge is 0.237 e. The molecule has 86 valence electrons. The van der Waals surface area contributed by atoms with Gasteiger partial charge in [-0.25, -0.2) is 0 Å². The summed E-state index contributed by atoms with van der Waals surface area (Å²) in [5.74, 6) is 0.193. The van der Waals surface area contributed by atoms with E-state index >= 15 is 0 Å². The Hall–Kier alpha value is -0.610. The first-order valence-corrected chi connectivity index (χ1v) is 6.11. The van der Waals surface area contributed by atoms with Crippen LogP contribution in [0.4, 0.5) is 0 Å². The van der Waals surface area contributed by atoms with Crippen molar-refractivity contribution >= 4 is 5.91 Å². The molecule has 2 unspecified atom stereocenters.